The van der Waals surface area contributed by atoms with E-state index in [0.29, 0.717) is 0 Å². The van der Waals surface area contributed by atoms with Crippen molar-refractivity contribution in [1.29, 1.82) is 0 Å². The lowest BCUT2D eigenvalue weighted by Gasteiger charge is -2.27. The van der Waals surface area contributed by atoms with E-state index in [1.807, 2.05) is 0 Å². The minimum absolute atomic E-state index is 1.11. The Bertz CT molecular complexity index is 2470. The summed E-state index contributed by atoms with van der Waals surface area (Å²) in [5.74, 6) is 0. The molecule has 0 aliphatic carbocycles. The van der Waals surface area contributed by atoms with Crippen LogP contribution in [0.25, 0.3) is 54.2 Å². The summed E-state index contributed by atoms with van der Waals surface area (Å²) in [7, 11) is 2.18. The Kier molecular flexibility index (Phi) is 6.39. The standard InChI is InChI=1S/C45H32N2/c1-46(43-29-28-41-39-21-10-15-32-14-9-20-38(44(32)39)40-22-11-23-42(43)45(40)41)34-24-26-36(27-25-34)47(35-17-6-3-7-18-35)37-19-8-16-33(30-37)31-12-4-2-5-13-31/h2-30H,1H3. The molecule has 0 saturated heterocycles. The van der Waals surface area contributed by atoms with Gasteiger partial charge in [-0.05, 0) is 103 Å². The molecule has 0 bridgehead atoms. The number of nitrogens with zero attached hydrogens (tertiary/aromatic N) is 2. The van der Waals surface area contributed by atoms with Crippen molar-refractivity contribution in [2.45, 2.75) is 0 Å². The van der Waals surface area contributed by atoms with Gasteiger partial charge in [-0.3, -0.25) is 0 Å². The van der Waals surface area contributed by atoms with Crippen molar-refractivity contribution in [3.63, 3.8) is 0 Å². The van der Waals surface area contributed by atoms with Crippen LogP contribution >= 0.6 is 0 Å². The van der Waals surface area contributed by atoms with Gasteiger partial charge in [-0.15, -0.1) is 0 Å². The Morgan fingerprint density at radius 2 is 0.851 bits per heavy atom. The molecule has 9 aromatic carbocycles. The number of benzene rings is 9. The van der Waals surface area contributed by atoms with Gasteiger partial charge in [-0.1, -0.05) is 121 Å². The molecule has 9 rings (SSSR count). The van der Waals surface area contributed by atoms with E-state index >= 15 is 0 Å². The molecule has 0 aliphatic rings. The van der Waals surface area contributed by atoms with Crippen LogP contribution < -0.4 is 9.80 Å². The first kappa shape index (κ1) is 27.2. The van der Waals surface area contributed by atoms with Crippen LogP contribution in [0.3, 0.4) is 0 Å². The van der Waals surface area contributed by atoms with Crippen molar-refractivity contribution in [3.8, 4) is 11.1 Å². The van der Waals surface area contributed by atoms with Crippen molar-refractivity contribution in [2.75, 3.05) is 16.8 Å². The number of anilines is 5. The SMILES string of the molecule is CN(c1ccc(N(c2ccccc2)c2cccc(-c3ccccc3)c2)cc1)c1ccc2c3cccc4cccc(c5cccc1c52)c43. The van der Waals surface area contributed by atoms with Crippen LogP contribution in [0.1, 0.15) is 0 Å². The molecule has 0 fully saturated rings. The maximum atomic E-state index is 2.33. The van der Waals surface area contributed by atoms with Crippen LogP contribution in [-0.4, -0.2) is 7.05 Å². The number of fused-ring (bicyclic) bond motifs is 2. The van der Waals surface area contributed by atoms with Crippen molar-refractivity contribution < 1.29 is 0 Å². The highest BCUT2D eigenvalue weighted by Gasteiger charge is 2.18. The monoisotopic (exact) mass is 600 g/mol. The van der Waals surface area contributed by atoms with Gasteiger partial charge in [-0.2, -0.15) is 0 Å². The molecule has 0 amide bonds. The number of rotatable bonds is 6. The maximum absolute atomic E-state index is 2.33. The molecule has 0 atom stereocenters. The first-order chi connectivity index (χ1) is 23.2. The van der Waals surface area contributed by atoms with Crippen LogP contribution in [0.2, 0.25) is 0 Å². The molecular weight excluding hydrogens is 569 g/mol. The fourth-order valence-electron chi connectivity index (χ4n) is 7.37. The average Bonchev–Trinajstić information content (AvgIpc) is 3.14. The highest BCUT2D eigenvalue weighted by molar-refractivity contribution is 6.34. The fraction of sp³-hybridized carbons (Fsp3) is 0.0222. The van der Waals surface area contributed by atoms with E-state index in [9.17, 15) is 0 Å². The van der Waals surface area contributed by atoms with E-state index in [0.717, 1.165) is 22.7 Å². The van der Waals surface area contributed by atoms with E-state index in [4.69, 9.17) is 0 Å². The molecule has 0 radical (unpaired) electrons. The van der Waals surface area contributed by atoms with Gasteiger partial charge >= 0.3 is 0 Å². The van der Waals surface area contributed by atoms with E-state index in [1.165, 1.54) is 59.9 Å². The second-order valence-corrected chi connectivity index (χ2v) is 12.2. The Morgan fingerprint density at radius 1 is 0.340 bits per heavy atom. The molecule has 0 unspecified atom stereocenters. The molecule has 0 saturated carbocycles. The number of hydrogen-bond acceptors (Lipinski definition) is 2. The minimum Gasteiger partial charge on any atom is -0.344 e. The summed E-state index contributed by atoms with van der Waals surface area (Å²) in [6, 6.07) is 63.6. The lowest BCUT2D eigenvalue weighted by molar-refractivity contribution is 1.21. The van der Waals surface area contributed by atoms with Crippen molar-refractivity contribution in [3.05, 3.63) is 176 Å². The van der Waals surface area contributed by atoms with Crippen LogP contribution in [0, 0.1) is 0 Å². The average molecular weight is 601 g/mol. The summed E-state index contributed by atoms with van der Waals surface area (Å²) in [5, 5.41) is 10.5. The second kappa shape index (κ2) is 11.0. The first-order valence-electron chi connectivity index (χ1n) is 16.2. The Balaban J connectivity index is 1.13. The highest BCUT2D eigenvalue weighted by atomic mass is 15.1. The highest BCUT2D eigenvalue weighted by Crippen LogP contribution is 2.44. The van der Waals surface area contributed by atoms with Gasteiger partial charge in [0, 0.05) is 40.9 Å². The van der Waals surface area contributed by atoms with Crippen LogP contribution in [0.4, 0.5) is 28.4 Å². The molecule has 2 nitrogen and oxygen atoms in total. The van der Waals surface area contributed by atoms with Gasteiger partial charge < -0.3 is 9.80 Å². The molecule has 222 valence electrons. The van der Waals surface area contributed by atoms with Gasteiger partial charge in [-0.25, -0.2) is 0 Å². The normalized spacial score (nSPS) is 11.5. The van der Waals surface area contributed by atoms with E-state index in [-0.39, 0.29) is 0 Å². The predicted molar refractivity (Wildman–Crippen MR) is 202 cm³/mol. The van der Waals surface area contributed by atoms with Crippen molar-refractivity contribution in [1.82, 2.24) is 0 Å². The van der Waals surface area contributed by atoms with Crippen molar-refractivity contribution >= 4 is 71.5 Å². The Morgan fingerprint density at radius 3 is 1.57 bits per heavy atom. The lowest BCUT2D eigenvalue weighted by Crippen LogP contribution is -2.12. The molecule has 9 aromatic rings. The predicted octanol–water partition coefficient (Wildman–Crippen LogP) is 12.6. The zero-order chi connectivity index (χ0) is 31.3. The first-order valence-corrected chi connectivity index (χ1v) is 16.2. The van der Waals surface area contributed by atoms with Gasteiger partial charge in [0.15, 0.2) is 0 Å². The minimum atomic E-state index is 1.11. The molecule has 0 N–H and O–H groups in total. The van der Waals surface area contributed by atoms with Crippen molar-refractivity contribution in [2.24, 2.45) is 0 Å². The van der Waals surface area contributed by atoms with Gasteiger partial charge in [0.25, 0.3) is 0 Å². The van der Waals surface area contributed by atoms with E-state index in [1.54, 1.807) is 0 Å². The second-order valence-electron chi connectivity index (χ2n) is 12.2. The van der Waals surface area contributed by atoms with E-state index in [2.05, 4.69) is 193 Å². The molecular formula is C45H32N2. The van der Waals surface area contributed by atoms with Gasteiger partial charge in [0.05, 0.1) is 0 Å². The van der Waals surface area contributed by atoms with Crippen LogP contribution in [0.15, 0.2) is 176 Å². The quantitative estimate of drug-likeness (QED) is 0.138. The van der Waals surface area contributed by atoms with E-state index < -0.39 is 0 Å². The summed E-state index contributed by atoms with van der Waals surface area (Å²) in [5.41, 5.74) is 8.09. The third-order valence-electron chi connectivity index (χ3n) is 9.59. The Hall–Kier alpha value is -6.12. The lowest BCUT2D eigenvalue weighted by atomic mass is 9.89. The van der Waals surface area contributed by atoms with Gasteiger partial charge in [0.1, 0.15) is 0 Å². The third-order valence-corrected chi connectivity index (χ3v) is 9.59. The Labute approximate surface area is 274 Å². The van der Waals surface area contributed by atoms with Crippen LogP contribution in [-0.2, 0) is 0 Å². The summed E-state index contributed by atoms with van der Waals surface area (Å²) in [4.78, 5) is 4.65. The molecule has 0 aliphatic heterocycles. The van der Waals surface area contributed by atoms with Crippen LogP contribution in [0.5, 0.6) is 0 Å². The summed E-state index contributed by atoms with van der Waals surface area (Å²) < 4.78 is 0. The molecule has 0 spiro atoms. The van der Waals surface area contributed by atoms with Gasteiger partial charge in [0.2, 0.25) is 0 Å². The third kappa shape index (κ3) is 4.49. The largest absolute Gasteiger partial charge is 0.344 e. The molecule has 2 heteroatoms. The summed E-state index contributed by atoms with van der Waals surface area (Å²) in [6.07, 6.45) is 0. The maximum Gasteiger partial charge on any atom is 0.0488 e. The molecule has 0 heterocycles. The topological polar surface area (TPSA) is 6.48 Å². The fourth-order valence-corrected chi connectivity index (χ4v) is 7.37. The summed E-state index contributed by atoms with van der Waals surface area (Å²) in [6.45, 7) is 0. The molecule has 0 aromatic heterocycles. The molecule has 47 heavy (non-hydrogen) atoms. The zero-order valence-electron chi connectivity index (χ0n) is 26.1. The smallest absolute Gasteiger partial charge is 0.0488 e. The summed E-state index contributed by atoms with van der Waals surface area (Å²) >= 11 is 0. The number of para-hydroxylation sites is 1. The zero-order valence-corrected chi connectivity index (χ0v) is 26.1. The number of hydrogen-bond donors (Lipinski definition) is 0.